The number of carbonyl (C=O) groups excluding carboxylic acids is 1. The lowest BCUT2D eigenvalue weighted by molar-refractivity contribution is -0.274. The molecule has 2 N–H and O–H groups in total. The minimum atomic E-state index is -4.79. The van der Waals surface area contributed by atoms with E-state index in [1.54, 1.807) is 12.3 Å². The Morgan fingerprint density at radius 2 is 2.03 bits per heavy atom. The number of nitrogens with one attached hydrogen (secondary N) is 2. The number of hydrogen-bond donors (Lipinski definition) is 2. The molecule has 3 heterocycles. The fourth-order valence-electron chi connectivity index (χ4n) is 2.99. The zero-order valence-electron chi connectivity index (χ0n) is 15.7. The van der Waals surface area contributed by atoms with Crippen molar-refractivity contribution < 1.29 is 22.7 Å². The number of benzene rings is 1. The summed E-state index contributed by atoms with van der Waals surface area (Å²) in [7, 11) is 0. The van der Waals surface area contributed by atoms with Crippen LogP contribution in [0, 0.1) is 0 Å². The maximum Gasteiger partial charge on any atom is 0.573 e. The third kappa shape index (κ3) is 4.22. The van der Waals surface area contributed by atoms with Crippen molar-refractivity contribution in [3.63, 3.8) is 0 Å². The molecule has 0 aliphatic carbocycles. The van der Waals surface area contributed by atoms with Gasteiger partial charge in [0.15, 0.2) is 5.65 Å². The Hall–Kier alpha value is -4.22. The number of H-pyrrole nitrogens is 1. The number of rotatable bonds is 6. The molecule has 158 valence electrons. The molecule has 0 atom stereocenters. The Kier molecular flexibility index (Phi) is 5.11. The van der Waals surface area contributed by atoms with Crippen LogP contribution in [0.15, 0.2) is 55.4 Å². The van der Waals surface area contributed by atoms with E-state index < -0.39 is 6.36 Å². The van der Waals surface area contributed by atoms with Gasteiger partial charge in [-0.1, -0.05) is 6.58 Å². The van der Waals surface area contributed by atoms with Gasteiger partial charge in [-0.2, -0.15) is 20.5 Å². The largest absolute Gasteiger partial charge is 0.573 e. The lowest BCUT2D eigenvalue weighted by Gasteiger charge is -2.09. The van der Waals surface area contributed by atoms with E-state index in [4.69, 9.17) is 0 Å². The number of pyridine rings is 1. The second kappa shape index (κ2) is 7.89. The third-order valence-electron chi connectivity index (χ3n) is 4.26. The minimum absolute atomic E-state index is 0.0696. The fourth-order valence-corrected chi connectivity index (χ4v) is 2.99. The van der Waals surface area contributed by atoms with E-state index in [0.717, 1.165) is 6.08 Å². The molecule has 12 heteroatoms. The number of aromatic amines is 1. The molecule has 0 unspecified atom stereocenters. The Labute approximate surface area is 172 Å². The van der Waals surface area contributed by atoms with E-state index in [9.17, 15) is 18.0 Å². The molecule has 0 fully saturated rings. The summed E-state index contributed by atoms with van der Waals surface area (Å²) in [5.41, 5.74) is 2.56. The van der Waals surface area contributed by atoms with Gasteiger partial charge in [-0.25, -0.2) is 9.67 Å². The Morgan fingerprint density at radius 1 is 1.26 bits per heavy atom. The van der Waals surface area contributed by atoms with Crippen LogP contribution in [-0.2, 0) is 11.3 Å². The second-order valence-electron chi connectivity index (χ2n) is 6.23. The molecule has 1 amide bonds. The number of nitrogens with zero attached hydrogens (tertiary/aromatic N) is 5. The summed E-state index contributed by atoms with van der Waals surface area (Å²) >= 11 is 0. The van der Waals surface area contributed by atoms with E-state index in [1.165, 1.54) is 35.1 Å². The Bertz CT molecular complexity index is 1230. The highest BCUT2D eigenvalue weighted by Gasteiger charge is 2.31. The molecule has 0 aliphatic heterocycles. The molecule has 0 bridgehead atoms. The standard InChI is InChI=1S/C19H14F3N7O2/c1-2-16(30)24-9-15-17-13(14-10-25-28-26-14)7-8-23-18(17)29(27-15)11-3-5-12(6-4-11)31-19(20,21)22/h2-8,10H,1,9H2,(H,24,30)(H,25,26,28). The summed E-state index contributed by atoms with van der Waals surface area (Å²) in [6.07, 6.45) is -0.570. The lowest BCUT2D eigenvalue weighted by Crippen LogP contribution is -2.20. The number of hydrogen-bond acceptors (Lipinski definition) is 6. The molecular formula is C19H14F3N7O2. The van der Waals surface area contributed by atoms with Crippen LogP contribution in [0.3, 0.4) is 0 Å². The average molecular weight is 429 g/mol. The van der Waals surface area contributed by atoms with Crippen molar-refractivity contribution in [2.24, 2.45) is 0 Å². The molecular weight excluding hydrogens is 415 g/mol. The van der Waals surface area contributed by atoms with Crippen molar-refractivity contribution in [1.29, 1.82) is 0 Å². The van der Waals surface area contributed by atoms with E-state index >= 15 is 0 Å². The number of fused-ring (bicyclic) bond motifs is 1. The van der Waals surface area contributed by atoms with Gasteiger partial charge in [0.1, 0.15) is 11.4 Å². The summed E-state index contributed by atoms with van der Waals surface area (Å²) < 4.78 is 42.7. The van der Waals surface area contributed by atoms with Crippen LogP contribution in [0.1, 0.15) is 5.69 Å². The predicted molar refractivity (Wildman–Crippen MR) is 103 cm³/mol. The zero-order chi connectivity index (χ0) is 22.0. The van der Waals surface area contributed by atoms with Crippen LogP contribution in [0.2, 0.25) is 0 Å². The molecule has 0 saturated heterocycles. The highest BCUT2D eigenvalue weighted by molar-refractivity contribution is 5.95. The van der Waals surface area contributed by atoms with Gasteiger partial charge < -0.3 is 10.1 Å². The first-order chi connectivity index (χ1) is 14.9. The zero-order valence-corrected chi connectivity index (χ0v) is 15.7. The van der Waals surface area contributed by atoms with Crippen LogP contribution in [0.5, 0.6) is 5.75 Å². The summed E-state index contributed by atoms with van der Waals surface area (Å²) in [5.74, 6) is -0.745. The topological polar surface area (TPSA) is 111 Å². The van der Waals surface area contributed by atoms with Crippen molar-refractivity contribution in [2.75, 3.05) is 0 Å². The van der Waals surface area contributed by atoms with Crippen molar-refractivity contribution in [3.8, 4) is 22.7 Å². The van der Waals surface area contributed by atoms with Gasteiger partial charge >= 0.3 is 6.36 Å². The van der Waals surface area contributed by atoms with Gasteiger partial charge in [-0.15, -0.1) is 13.2 Å². The molecule has 0 spiro atoms. The molecule has 0 radical (unpaired) electrons. The summed E-state index contributed by atoms with van der Waals surface area (Å²) in [5, 5.41) is 18.2. The van der Waals surface area contributed by atoms with Crippen molar-refractivity contribution in [3.05, 3.63) is 61.1 Å². The first-order valence-electron chi connectivity index (χ1n) is 8.85. The van der Waals surface area contributed by atoms with E-state index in [2.05, 4.69) is 42.1 Å². The maximum absolute atomic E-state index is 12.4. The van der Waals surface area contributed by atoms with Gasteiger partial charge in [0, 0.05) is 11.8 Å². The summed E-state index contributed by atoms with van der Waals surface area (Å²) in [6, 6.07) is 6.92. The van der Waals surface area contributed by atoms with Crippen molar-refractivity contribution in [1.82, 2.24) is 35.5 Å². The van der Waals surface area contributed by atoms with Crippen LogP contribution in [0.4, 0.5) is 13.2 Å². The number of aromatic nitrogens is 6. The van der Waals surface area contributed by atoms with Gasteiger partial charge in [-0.05, 0) is 36.4 Å². The first kappa shape index (κ1) is 20.1. The van der Waals surface area contributed by atoms with Crippen molar-refractivity contribution >= 4 is 16.9 Å². The Balaban J connectivity index is 1.81. The molecule has 31 heavy (non-hydrogen) atoms. The van der Waals surface area contributed by atoms with Gasteiger partial charge in [0.25, 0.3) is 0 Å². The minimum Gasteiger partial charge on any atom is -0.406 e. The normalized spacial score (nSPS) is 11.5. The smallest absolute Gasteiger partial charge is 0.406 e. The summed E-state index contributed by atoms with van der Waals surface area (Å²) in [4.78, 5) is 16.0. The number of halogens is 3. The van der Waals surface area contributed by atoms with Crippen molar-refractivity contribution in [2.45, 2.75) is 12.9 Å². The second-order valence-corrected chi connectivity index (χ2v) is 6.23. The SMILES string of the molecule is C=CC(=O)NCc1nn(-c2ccc(OC(F)(F)F)cc2)c2nccc(-c3cn[nH]n3)c12. The van der Waals surface area contributed by atoms with E-state index in [1.807, 2.05) is 0 Å². The average Bonchev–Trinajstić information content (AvgIpc) is 3.40. The molecule has 0 aliphatic rings. The highest BCUT2D eigenvalue weighted by Crippen LogP contribution is 2.31. The molecule has 9 nitrogen and oxygen atoms in total. The fraction of sp³-hybridized carbons (Fsp3) is 0.105. The van der Waals surface area contributed by atoms with Gasteiger partial charge in [0.05, 0.1) is 29.5 Å². The van der Waals surface area contributed by atoms with Crippen LogP contribution in [0.25, 0.3) is 28.0 Å². The van der Waals surface area contributed by atoms with Crippen LogP contribution >= 0.6 is 0 Å². The first-order valence-corrected chi connectivity index (χ1v) is 8.85. The predicted octanol–water partition coefficient (Wildman–Crippen LogP) is 2.91. The van der Waals surface area contributed by atoms with Gasteiger partial charge in [-0.3, -0.25) is 4.79 Å². The number of carbonyl (C=O) groups is 1. The van der Waals surface area contributed by atoms with E-state index in [-0.39, 0.29) is 18.2 Å². The van der Waals surface area contributed by atoms with Crippen LogP contribution < -0.4 is 10.1 Å². The lowest BCUT2D eigenvalue weighted by atomic mass is 10.1. The number of alkyl halides is 3. The molecule has 1 aromatic carbocycles. The number of ether oxygens (including phenoxy) is 1. The number of amides is 1. The monoisotopic (exact) mass is 429 g/mol. The molecule has 4 rings (SSSR count). The highest BCUT2D eigenvalue weighted by atomic mass is 19.4. The van der Waals surface area contributed by atoms with Crippen LogP contribution in [-0.4, -0.2) is 42.4 Å². The maximum atomic E-state index is 12.4. The summed E-state index contributed by atoms with van der Waals surface area (Å²) in [6.45, 7) is 3.49. The van der Waals surface area contributed by atoms with Gasteiger partial charge in [0.2, 0.25) is 5.91 Å². The molecule has 4 aromatic rings. The third-order valence-corrected chi connectivity index (χ3v) is 4.26. The molecule has 3 aromatic heterocycles. The Morgan fingerprint density at radius 3 is 2.68 bits per heavy atom. The quantitative estimate of drug-likeness (QED) is 0.456. The molecule has 0 saturated carbocycles. The van der Waals surface area contributed by atoms with E-state index in [0.29, 0.717) is 33.7 Å².